The van der Waals surface area contributed by atoms with E-state index >= 15 is 0 Å². The molecule has 0 unspecified atom stereocenters. The largest absolute Gasteiger partial charge is 0.345 e. The number of rotatable bonds is 4. The maximum Gasteiger partial charge on any atom is 0.248 e. The zero-order chi connectivity index (χ0) is 14.7. The normalized spacial score (nSPS) is 11.2. The molecule has 4 nitrogen and oxygen atoms in total. The summed E-state index contributed by atoms with van der Waals surface area (Å²) in [5.41, 5.74) is 0. The van der Waals surface area contributed by atoms with Crippen LogP contribution in [0.15, 0.2) is 60.7 Å². The summed E-state index contributed by atoms with van der Waals surface area (Å²) in [6, 6.07) is 21.1. The minimum absolute atomic E-state index is 0.690. The van der Waals surface area contributed by atoms with Gasteiger partial charge in [0.15, 0.2) is 8.51 Å². The lowest BCUT2D eigenvalue weighted by molar-refractivity contribution is 0.973. The van der Waals surface area contributed by atoms with Gasteiger partial charge in [-0.1, -0.05) is 60.7 Å². The monoisotopic (exact) mass is 314 g/mol. The summed E-state index contributed by atoms with van der Waals surface area (Å²) >= 11 is 0. The topological polar surface area (TPSA) is 34.0 Å². The summed E-state index contributed by atoms with van der Waals surface area (Å²) < 4.78 is 6.56. The molecule has 1 heterocycles. The average molecular weight is 314 g/mol. The van der Waals surface area contributed by atoms with E-state index in [1.54, 1.807) is 0 Å². The van der Waals surface area contributed by atoms with Crippen LogP contribution in [0.25, 0.3) is 0 Å². The third-order valence-electron chi connectivity index (χ3n) is 2.97. The molecule has 0 N–H and O–H groups in total. The third kappa shape index (κ3) is 3.12. The van der Waals surface area contributed by atoms with Crippen LogP contribution in [0.1, 0.15) is 0 Å². The van der Waals surface area contributed by atoms with Crippen LogP contribution < -0.4 is 15.5 Å². The molecule has 0 atom stereocenters. The average Bonchev–Trinajstić information content (AvgIpc) is 3.00. The summed E-state index contributed by atoms with van der Waals surface area (Å²) in [5.74, 6) is 0.774. The first-order chi connectivity index (χ1) is 10.3. The molecule has 21 heavy (non-hydrogen) atoms. The summed E-state index contributed by atoms with van der Waals surface area (Å²) in [6.45, 7) is 0. The van der Waals surface area contributed by atoms with Gasteiger partial charge >= 0.3 is 0 Å². The molecule has 106 valence electrons. The highest BCUT2D eigenvalue weighted by Crippen LogP contribution is 2.37. The van der Waals surface area contributed by atoms with Crippen molar-refractivity contribution in [2.45, 2.75) is 0 Å². The Labute approximate surface area is 127 Å². The van der Waals surface area contributed by atoms with E-state index in [-0.39, 0.29) is 0 Å². The van der Waals surface area contributed by atoms with Crippen LogP contribution in [0.4, 0.5) is 5.95 Å². The standard InChI is InChI=1S/C15H16N4P2/c1-18(2)15-16-19(20-17-15)21(13-9-5-3-6-10-13)14-11-7-4-8-12-14/h3-12H,1-2H3. The second kappa shape index (κ2) is 6.34. The number of benzene rings is 2. The number of aromatic nitrogens is 3. The molecule has 0 saturated heterocycles. The predicted molar refractivity (Wildman–Crippen MR) is 91.3 cm³/mol. The van der Waals surface area contributed by atoms with Crippen molar-refractivity contribution >= 4 is 33.1 Å². The maximum absolute atomic E-state index is 4.67. The Kier molecular flexibility index (Phi) is 4.28. The molecule has 1 aromatic heterocycles. The summed E-state index contributed by atoms with van der Waals surface area (Å²) in [4.78, 5) is 1.94. The van der Waals surface area contributed by atoms with E-state index in [4.69, 9.17) is 0 Å². The molecule has 3 rings (SSSR count). The van der Waals surface area contributed by atoms with Gasteiger partial charge < -0.3 is 4.90 Å². The van der Waals surface area contributed by atoms with Gasteiger partial charge in [-0.2, -0.15) is 8.96 Å². The van der Waals surface area contributed by atoms with Gasteiger partial charge in [-0.15, -0.1) is 5.10 Å². The van der Waals surface area contributed by atoms with E-state index in [0.29, 0.717) is 0 Å². The highest BCUT2D eigenvalue weighted by molar-refractivity contribution is 7.74. The van der Waals surface area contributed by atoms with E-state index in [1.165, 1.54) is 10.6 Å². The molecule has 0 aliphatic carbocycles. The van der Waals surface area contributed by atoms with Crippen molar-refractivity contribution < 1.29 is 0 Å². The van der Waals surface area contributed by atoms with Gasteiger partial charge in [0.1, 0.15) is 0 Å². The fourth-order valence-electron chi connectivity index (χ4n) is 1.96. The predicted octanol–water partition coefficient (Wildman–Crippen LogP) is 2.82. The van der Waals surface area contributed by atoms with Crippen molar-refractivity contribution in [3.05, 3.63) is 60.7 Å². The lowest BCUT2D eigenvalue weighted by Gasteiger charge is -2.17. The van der Waals surface area contributed by atoms with Crippen molar-refractivity contribution in [3.63, 3.8) is 0 Å². The van der Waals surface area contributed by atoms with Crippen LogP contribution in [-0.2, 0) is 0 Å². The van der Waals surface area contributed by atoms with Gasteiger partial charge in [-0.3, -0.25) is 0 Å². The first kappa shape index (κ1) is 14.2. The van der Waals surface area contributed by atoms with Crippen LogP contribution in [0, 0.1) is 0 Å². The zero-order valence-corrected chi connectivity index (χ0v) is 13.7. The van der Waals surface area contributed by atoms with Gasteiger partial charge in [0, 0.05) is 24.7 Å². The molecular weight excluding hydrogens is 298 g/mol. The Morgan fingerprint density at radius 3 is 1.86 bits per heavy atom. The second-order valence-electron chi connectivity index (χ2n) is 4.74. The third-order valence-corrected chi connectivity index (χ3v) is 6.29. The number of hydrogen-bond donors (Lipinski definition) is 0. The molecule has 0 saturated carbocycles. The zero-order valence-electron chi connectivity index (χ0n) is 12.0. The van der Waals surface area contributed by atoms with Crippen molar-refractivity contribution in [2.75, 3.05) is 19.0 Å². The lowest BCUT2D eigenvalue weighted by atomic mass is 10.4. The maximum atomic E-state index is 4.67. The lowest BCUT2D eigenvalue weighted by Crippen LogP contribution is -2.17. The van der Waals surface area contributed by atoms with E-state index in [1.807, 2.05) is 31.1 Å². The quantitative estimate of drug-likeness (QED) is 0.695. The number of hydrogen-bond acceptors (Lipinski definition) is 3. The number of anilines is 1. The summed E-state index contributed by atoms with van der Waals surface area (Å²) in [7, 11) is 4.13. The molecular formula is C15H16N4P2. The Balaban J connectivity index is 2.08. The van der Waals surface area contributed by atoms with Crippen molar-refractivity contribution in [1.29, 1.82) is 0 Å². The summed E-state index contributed by atoms with van der Waals surface area (Å²) in [6.07, 6.45) is 0. The van der Waals surface area contributed by atoms with E-state index in [0.717, 1.165) is 14.5 Å². The Morgan fingerprint density at radius 2 is 1.43 bits per heavy atom. The molecule has 0 fully saturated rings. The molecule has 2 aromatic carbocycles. The van der Waals surface area contributed by atoms with Crippen LogP contribution in [0.2, 0.25) is 0 Å². The molecule has 0 amide bonds. The fourth-order valence-corrected chi connectivity index (χ4v) is 5.31. The molecule has 0 radical (unpaired) electrons. The Morgan fingerprint density at radius 1 is 0.905 bits per heavy atom. The Hall–Kier alpha value is -1.76. The van der Waals surface area contributed by atoms with Crippen LogP contribution >= 0.6 is 16.6 Å². The molecule has 0 aliphatic rings. The molecule has 0 bridgehead atoms. The van der Waals surface area contributed by atoms with E-state index in [2.05, 4.69) is 62.6 Å². The van der Waals surface area contributed by atoms with Crippen molar-refractivity contribution in [3.8, 4) is 0 Å². The van der Waals surface area contributed by atoms with Gasteiger partial charge in [0.25, 0.3) is 0 Å². The SMILES string of the molecule is CN(C)c1npn(P(c2ccccc2)c2ccccc2)n1. The first-order valence-corrected chi connectivity index (χ1v) is 8.73. The van der Waals surface area contributed by atoms with Crippen molar-refractivity contribution in [2.24, 2.45) is 0 Å². The van der Waals surface area contributed by atoms with Gasteiger partial charge in [0.2, 0.25) is 5.95 Å². The van der Waals surface area contributed by atoms with Gasteiger partial charge in [0.05, 0.1) is 8.07 Å². The fraction of sp³-hybridized carbons (Fsp3) is 0.133. The highest BCUT2D eigenvalue weighted by Gasteiger charge is 2.19. The van der Waals surface area contributed by atoms with Crippen molar-refractivity contribution in [1.82, 2.24) is 14.1 Å². The van der Waals surface area contributed by atoms with E-state index in [9.17, 15) is 0 Å². The van der Waals surface area contributed by atoms with Crippen LogP contribution in [0.3, 0.4) is 0 Å². The molecule has 6 heteroatoms. The van der Waals surface area contributed by atoms with E-state index < -0.39 is 8.07 Å². The minimum Gasteiger partial charge on any atom is -0.345 e. The highest BCUT2D eigenvalue weighted by atomic mass is 31.2. The van der Waals surface area contributed by atoms with Gasteiger partial charge in [-0.05, 0) is 0 Å². The minimum atomic E-state index is -0.690. The molecule has 0 aliphatic heterocycles. The molecule has 3 aromatic rings. The first-order valence-electron chi connectivity index (χ1n) is 6.63. The Bertz CT molecular complexity index is 658. The number of nitrogens with zero attached hydrogens (tertiary/aromatic N) is 4. The van der Waals surface area contributed by atoms with Crippen LogP contribution in [-0.4, -0.2) is 28.2 Å². The molecule has 0 spiro atoms. The second-order valence-corrected chi connectivity index (χ2v) is 7.84. The van der Waals surface area contributed by atoms with Gasteiger partial charge in [-0.25, -0.2) is 0 Å². The smallest absolute Gasteiger partial charge is 0.248 e. The summed E-state index contributed by atoms with van der Waals surface area (Å²) in [5, 5.41) is 7.23. The van der Waals surface area contributed by atoms with Crippen LogP contribution in [0.5, 0.6) is 0 Å².